The van der Waals surface area contributed by atoms with E-state index >= 15 is 0 Å². The number of methoxy groups -OCH3 is 2. The number of morpholine rings is 1. The van der Waals surface area contributed by atoms with Crippen molar-refractivity contribution in [3.8, 4) is 0 Å². The van der Waals surface area contributed by atoms with Crippen molar-refractivity contribution in [1.82, 2.24) is 4.90 Å². The minimum absolute atomic E-state index is 0.249. The summed E-state index contributed by atoms with van der Waals surface area (Å²) in [6.07, 6.45) is -0.221. The zero-order valence-corrected chi connectivity index (χ0v) is 9.60. The van der Waals surface area contributed by atoms with Gasteiger partial charge in [0, 0.05) is 19.6 Å². The van der Waals surface area contributed by atoms with Crippen LogP contribution < -0.4 is 0 Å². The second-order valence-electron chi connectivity index (χ2n) is 3.51. The lowest BCUT2D eigenvalue weighted by Crippen LogP contribution is -2.47. The van der Waals surface area contributed by atoms with Crippen molar-refractivity contribution in [1.29, 1.82) is 0 Å². The molecular formula is C10H17NO5. The topological polar surface area (TPSA) is 65.1 Å². The molecule has 1 fully saturated rings. The van der Waals surface area contributed by atoms with Crippen molar-refractivity contribution in [3.05, 3.63) is 0 Å². The third-order valence-corrected chi connectivity index (χ3v) is 2.47. The lowest BCUT2D eigenvalue weighted by atomic mass is 10.2. The minimum Gasteiger partial charge on any atom is -0.469 e. The Labute approximate surface area is 94.4 Å². The maximum atomic E-state index is 11.2. The predicted octanol–water partition coefficient (Wildman–Crippen LogP) is -0.577. The summed E-state index contributed by atoms with van der Waals surface area (Å²) >= 11 is 0. The van der Waals surface area contributed by atoms with Gasteiger partial charge in [0.2, 0.25) is 0 Å². The summed E-state index contributed by atoms with van der Waals surface area (Å²) in [4.78, 5) is 24.2. The van der Waals surface area contributed by atoms with Crippen LogP contribution in [0.15, 0.2) is 0 Å². The fourth-order valence-corrected chi connectivity index (χ4v) is 1.53. The van der Waals surface area contributed by atoms with E-state index in [4.69, 9.17) is 4.74 Å². The number of ether oxygens (including phenoxy) is 3. The van der Waals surface area contributed by atoms with Gasteiger partial charge in [-0.2, -0.15) is 0 Å². The van der Waals surface area contributed by atoms with E-state index < -0.39 is 6.10 Å². The molecule has 1 aliphatic rings. The van der Waals surface area contributed by atoms with Gasteiger partial charge < -0.3 is 14.2 Å². The molecule has 0 bridgehead atoms. The molecule has 0 aromatic carbocycles. The number of hydrogen-bond donors (Lipinski definition) is 0. The van der Waals surface area contributed by atoms with Crippen LogP contribution in [0.2, 0.25) is 0 Å². The van der Waals surface area contributed by atoms with Gasteiger partial charge in [0.25, 0.3) is 0 Å². The van der Waals surface area contributed by atoms with E-state index in [-0.39, 0.29) is 11.9 Å². The summed E-state index contributed by atoms with van der Waals surface area (Å²) in [5.41, 5.74) is 0. The molecule has 1 rings (SSSR count). The summed E-state index contributed by atoms with van der Waals surface area (Å²) < 4.78 is 14.4. The summed E-state index contributed by atoms with van der Waals surface area (Å²) in [5.74, 6) is -0.621. The number of rotatable bonds is 4. The monoisotopic (exact) mass is 231 g/mol. The molecule has 0 radical (unpaired) electrons. The Balaban J connectivity index is 2.33. The van der Waals surface area contributed by atoms with Crippen molar-refractivity contribution >= 4 is 11.9 Å². The van der Waals surface area contributed by atoms with Gasteiger partial charge in [0.05, 0.1) is 27.2 Å². The van der Waals surface area contributed by atoms with Crippen LogP contribution in [0.1, 0.15) is 6.42 Å². The highest BCUT2D eigenvalue weighted by Crippen LogP contribution is 2.07. The molecule has 1 saturated heterocycles. The molecule has 0 spiro atoms. The van der Waals surface area contributed by atoms with Crippen LogP contribution >= 0.6 is 0 Å². The smallest absolute Gasteiger partial charge is 0.336 e. The molecule has 1 aliphatic heterocycles. The third kappa shape index (κ3) is 3.79. The van der Waals surface area contributed by atoms with Crippen LogP contribution in [0, 0.1) is 0 Å². The fourth-order valence-electron chi connectivity index (χ4n) is 1.53. The third-order valence-electron chi connectivity index (χ3n) is 2.47. The Morgan fingerprint density at radius 2 is 2.12 bits per heavy atom. The molecule has 0 aliphatic carbocycles. The number of carbonyl (C=O) groups is 2. The standard InChI is InChI=1S/C10H17NO5/c1-14-9(12)3-4-11-5-6-16-8(7-11)10(13)15-2/h8H,3-7H2,1-2H3. The molecule has 1 atom stereocenters. The van der Waals surface area contributed by atoms with E-state index in [1.807, 2.05) is 4.90 Å². The Bertz CT molecular complexity index is 256. The normalized spacial score (nSPS) is 21.5. The maximum Gasteiger partial charge on any atom is 0.336 e. The van der Waals surface area contributed by atoms with E-state index in [0.29, 0.717) is 32.7 Å². The second-order valence-corrected chi connectivity index (χ2v) is 3.51. The van der Waals surface area contributed by atoms with Crippen LogP contribution in [0.5, 0.6) is 0 Å². The Morgan fingerprint density at radius 3 is 2.75 bits per heavy atom. The zero-order chi connectivity index (χ0) is 12.0. The van der Waals surface area contributed by atoms with Gasteiger partial charge in [-0.25, -0.2) is 4.79 Å². The number of esters is 2. The van der Waals surface area contributed by atoms with Crippen LogP contribution in [-0.4, -0.2) is 63.4 Å². The predicted molar refractivity (Wildman–Crippen MR) is 54.8 cm³/mol. The molecule has 0 saturated carbocycles. The highest BCUT2D eigenvalue weighted by atomic mass is 16.6. The average molecular weight is 231 g/mol. The lowest BCUT2D eigenvalue weighted by molar-refractivity contribution is -0.159. The molecule has 6 heteroatoms. The van der Waals surface area contributed by atoms with Crippen molar-refractivity contribution < 1.29 is 23.8 Å². The van der Waals surface area contributed by atoms with E-state index in [1.165, 1.54) is 14.2 Å². The molecule has 0 N–H and O–H groups in total. The van der Waals surface area contributed by atoms with Gasteiger partial charge in [0.1, 0.15) is 0 Å². The molecule has 1 heterocycles. The van der Waals surface area contributed by atoms with Gasteiger partial charge in [-0.05, 0) is 0 Å². The Hall–Kier alpha value is -1.14. The summed E-state index contributed by atoms with van der Waals surface area (Å²) in [6, 6.07) is 0. The average Bonchev–Trinajstić information content (AvgIpc) is 2.35. The molecule has 1 unspecified atom stereocenters. The number of hydrogen-bond acceptors (Lipinski definition) is 6. The van der Waals surface area contributed by atoms with Crippen LogP contribution in [-0.2, 0) is 23.8 Å². The van der Waals surface area contributed by atoms with Gasteiger partial charge in [-0.1, -0.05) is 0 Å². The summed E-state index contributed by atoms with van der Waals surface area (Å²) in [7, 11) is 2.69. The SMILES string of the molecule is COC(=O)CCN1CCOC(C(=O)OC)C1. The van der Waals surface area contributed by atoms with Crippen LogP contribution in [0.4, 0.5) is 0 Å². The fraction of sp³-hybridized carbons (Fsp3) is 0.800. The highest BCUT2D eigenvalue weighted by Gasteiger charge is 2.27. The van der Waals surface area contributed by atoms with E-state index in [9.17, 15) is 9.59 Å². The van der Waals surface area contributed by atoms with Crippen molar-refractivity contribution in [2.24, 2.45) is 0 Å². The number of carbonyl (C=O) groups excluding carboxylic acids is 2. The summed E-state index contributed by atoms with van der Waals surface area (Å²) in [5, 5.41) is 0. The van der Waals surface area contributed by atoms with Crippen LogP contribution in [0.3, 0.4) is 0 Å². The zero-order valence-electron chi connectivity index (χ0n) is 9.60. The van der Waals surface area contributed by atoms with Crippen molar-refractivity contribution in [2.75, 3.05) is 40.5 Å². The first-order valence-electron chi connectivity index (χ1n) is 5.16. The van der Waals surface area contributed by atoms with Gasteiger partial charge >= 0.3 is 11.9 Å². The van der Waals surface area contributed by atoms with E-state index in [2.05, 4.69) is 9.47 Å². The Kier molecular flexibility index (Phi) is 5.21. The lowest BCUT2D eigenvalue weighted by Gasteiger charge is -2.30. The first-order chi connectivity index (χ1) is 7.67. The molecule has 0 aromatic rings. The quantitative estimate of drug-likeness (QED) is 0.603. The largest absolute Gasteiger partial charge is 0.469 e. The van der Waals surface area contributed by atoms with E-state index in [1.54, 1.807) is 0 Å². The first-order valence-corrected chi connectivity index (χ1v) is 5.16. The van der Waals surface area contributed by atoms with Gasteiger partial charge in [-0.15, -0.1) is 0 Å². The first kappa shape index (κ1) is 12.9. The highest BCUT2D eigenvalue weighted by molar-refractivity contribution is 5.75. The molecule has 0 aromatic heterocycles. The molecule has 92 valence electrons. The van der Waals surface area contributed by atoms with Gasteiger partial charge in [-0.3, -0.25) is 9.69 Å². The molecular weight excluding hydrogens is 214 g/mol. The van der Waals surface area contributed by atoms with E-state index in [0.717, 1.165) is 0 Å². The molecule has 16 heavy (non-hydrogen) atoms. The summed E-state index contributed by atoms with van der Waals surface area (Å²) in [6.45, 7) is 2.22. The molecule has 6 nitrogen and oxygen atoms in total. The Morgan fingerprint density at radius 1 is 1.38 bits per heavy atom. The minimum atomic E-state index is -0.545. The second kappa shape index (κ2) is 6.44. The van der Waals surface area contributed by atoms with Crippen LogP contribution in [0.25, 0.3) is 0 Å². The maximum absolute atomic E-state index is 11.2. The molecule has 0 amide bonds. The number of nitrogens with zero attached hydrogens (tertiary/aromatic N) is 1. The van der Waals surface area contributed by atoms with Crippen molar-refractivity contribution in [3.63, 3.8) is 0 Å². The van der Waals surface area contributed by atoms with Gasteiger partial charge in [0.15, 0.2) is 6.10 Å². The van der Waals surface area contributed by atoms with Crippen molar-refractivity contribution in [2.45, 2.75) is 12.5 Å².